The number of fused-ring (bicyclic) bond motifs is 3. The van der Waals surface area contributed by atoms with Gasteiger partial charge >= 0.3 is 0 Å². The first kappa shape index (κ1) is 14.7. The van der Waals surface area contributed by atoms with Crippen molar-refractivity contribution in [3.8, 4) is 5.69 Å². The molecule has 0 aliphatic carbocycles. The highest BCUT2D eigenvalue weighted by molar-refractivity contribution is 9.10. The highest BCUT2D eigenvalue weighted by Gasteiger charge is 2.21. The zero-order chi connectivity index (χ0) is 16.0. The molecule has 5 heteroatoms. The second-order valence-corrected chi connectivity index (χ2v) is 6.78. The van der Waals surface area contributed by atoms with Crippen LogP contribution in [-0.2, 0) is 6.54 Å². The number of nitrogens with zero attached hydrogens (tertiary/aromatic N) is 3. The fourth-order valence-electron chi connectivity index (χ4n) is 2.94. The van der Waals surface area contributed by atoms with Gasteiger partial charge in [-0.05, 0) is 31.2 Å². The summed E-state index contributed by atoms with van der Waals surface area (Å²) in [6.07, 6.45) is 1.89. The maximum absolute atomic E-state index is 6.42. The highest BCUT2D eigenvalue weighted by atomic mass is 79.9. The molecule has 0 atom stereocenters. The fourth-order valence-corrected chi connectivity index (χ4v) is 3.53. The number of hydrogen-bond acceptors (Lipinski definition) is 2. The lowest BCUT2D eigenvalue weighted by molar-refractivity contribution is 0.863. The molecule has 4 rings (SSSR count). The number of halogens is 2. The first-order valence-corrected chi connectivity index (χ1v) is 8.45. The summed E-state index contributed by atoms with van der Waals surface area (Å²) >= 11 is 9.99. The number of aryl methyl sites for hydroxylation is 1. The van der Waals surface area contributed by atoms with E-state index in [0.717, 1.165) is 38.5 Å². The second kappa shape index (κ2) is 5.62. The van der Waals surface area contributed by atoms with Crippen molar-refractivity contribution in [1.82, 2.24) is 9.55 Å². The first-order chi connectivity index (χ1) is 11.1. The normalized spacial score (nSPS) is 13.1. The lowest BCUT2D eigenvalue weighted by atomic mass is 10.0. The van der Waals surface area contributed by atoms with E-state index in [-0.39, 0.29) is 0 Å². The number of imidazole rings is 1. The molecule has 114 valence electrons. The SMILES string of the molecule is Cc1cnc2n1-c1ccc(Br)cc1C(c1ccccc1Cl)=NC2. The van der Waals surface area contributed by atoms with Gasteiger partial charge in [0.2, 0.25) is 0 Å². The van der Waals surface area contributed by atoms with E-state index in [0.29, 0.717) is 11.6 Å². The molecule has 0 fully saturated rings. The van der Waals surface area contributed by atoms with Crippen LogP contribution < -0.4 is 0 Å². The van der Waals surface area contributed by atoms with E-state index in [1.807, 2.05) is 36.5 Å². The van der Waals surface area contributed by atoms with Crippen molar-refractivity contribution in [2.24, 2.45) is 4.99 Å². The van der Waals surface area contributed by atoms with Crippen molar-refractivity contribution in [2.75, 3.05) is 0 Å². The summed E-state index contributed by atoms with van der Waals surface area (Å²) in [5.41, 5.74) is 5.06. The van der Waals surface area contributed by atoms with E-state index in [2.05, 4.69) is 44.5 Å². The fraction of sp³-hybridized carbons (Fsp3) is 0.111. The monoisotopic (exact) mass is 385 g/mol. The Balaban J connectivity index is 2.03. The maximum Gasteiger partial charge on any atom is 0.135 e. The third kappa shape index (κ3) is 2.42. The molecule has 3 aromatic rings. The van der Waals surface area contributed by atoms with Crippen LogP contribution in [0.5, 0.6) is 0 Å². The molecule has 2 aromatic carbocycles. The summed E-state index contributed by atoms with van der Waals surface area (Å²) in [6, 6.07) is 14.0. The van der Waals surface area contributed by atoms with E-state index in [9.17, 15) is 0 Å². The third-order valence-electron chi connectivity index (χ3n) is 3.97. The first-order valence-electron chi connectivity index (χ1n) is 7.28. The van der Waals surface area contributed by atoms with Crippen LogP contribution in [0.2, 0.25) is 5.02 Å². The third-order valence-corrected chi connectivity index (χ3v) is 4.80. The molecule has 0 saturated heterocycles. The van der Waals surface area contributed by atoms with E-state index in [4.69, 9.17) is 16.6 Å². The van der Waals surface area contributed by atoms with Gasteiger partial charge in [-0.15, -0.1) is 0 Å². The van der Waals surface area contributed by atoms with Crippen molar-refractivity contribution in [3.63, 3.8) is 0 Å². The number of rotatable bonds is 1. The van der Waals surface area contributed by atoms with Crippen LogP contribution in [0.15, 0.2) is 58.1 Å². The van der Waals surface area contributed by atoms with Crippen LogP contribution in [0.4, 0.5) is 0 Å². The highest BCUT2D eigenvalue weighted by Crippen LogP contribution is 2.30. The Labute approximate surface area is 147 Å². The Kier molecular flexibility index (Phi) is 3.58. The van der Waals surface area contributed by atoms with Crippen LogP contribution in [-0.4, -0.2) is 15.3 Å². The molecule has 3 nitrogen and oxygen atoms in total. The molecule has 0 N–H and O–H groups in total. The van der Waals surface area contributed by atoms with Gasteiger partial charge in [0.05, 0.1) is 17.9 Å². The standard InChI is InChI=1S/C18H13BrClN3/c1-11-9-21-17-10-22-18(13-4-2-3-5-15(13)20)14-8-12(19)6-7-16(14)23(11)17/h2-9H,10H2,1H3. The lowest BCUT2D eigenvalue weighted by Gasteiger charge is -2.14. The smallest absolute Gasteiger partial charge is 0.135 e. The van der Waals surface area contributed by atoms with Crippen molar-refractivity contribution >= 4 is 33.2 Å². The molecule has 0 spiro atoms. The second-order valence-electron chi connectivity index (χ2n) is 5.46. The van der Waals surface area contributed by atoms with Gasteiger partial charge in [0.25, 0.3) is 0 Å². The summed E-state index contributed by atoms with van der Waals surface area (Å²) in [7, 11) is 0. The average molecular weight is 387 g/mol. The summed E-state index contributed by atoms with van der Waals surface area (Å²) < 4.78 is 3.17. The van der Waals surface area contributed by atoms with Crippen LogP contribution in [0, 0.1) is 6.92 Å². The molecular formula is C18H13BrClN3. The number of benzene rings is 2. The lowest BCUT2D eigenvalue weighted by Crippen LogP contribution is -2.08. The number of aromatic nitrogens is 2. The van der Waals surface area contributed by atoms with Crippen LogP contribution in [0.3, 0.4) is 0 Å². The number of hydrogen-bond donors (Lipinski definition) is 0. The van der Waals surface area contributed by atoms with Crippen LogP contribution in [0.1, 0.15) is 22.6 Å². The minimum absolute atomic E-state index is 0.528. The summed E-state index contributed by atoms with van der Waals surface area (Å²) in [5.74, 6) is 0.938. The topological polar surface area (TPSA) is 30.2 Å². The van der Waals surface area contributed by atoms with Crippen molar-refractivity contribution < 1.29 is 0 Å². The van der Waals surface area contributed by atoms with Gasteiger partial charge in [-0.3, -0.25) is 9.56 Å². The Morgan fingerprint density at radius 1 is 1.13 bits per heavy atom. The molecule has 0 amide bonds. The van der Waals surface area contributed by atoms with Crippen molar-refractivity contribution in [1.29, 1.82) is 0 Å². The Bertz CT molecular complexity index is 943. The molecule has 1 aliphatic heterocycles. The van der Waals surface area contributed by atoms with E-state index in [1.165, 1.54) is 0 Å². The molecule has 2 heterocycles. The average Bonchev–Trinajstić information content (AvgIpc) is 2.82. The van der Waals surface area contributed by atoms with Crippen LogP contribution in [0.25, 0.3) is 5.69 Å². The predicted octanol–water partition coefficient (Wildman–Crippen LogP) is 4.95. The van der Waals surface area contributed by atoms with E-state index in [1.54, 1.807) is 0 Å². The molecule has 1 aromatic heterocycles. The van der Waals surface area contributed by atoms with Gasteiger partial charge in [-0.2, -0.15) is 0 Å². The van der Waals surface area contributed by atoms with Gasteiger partial charge < -0.3 is 0 Å². The molecule has 1 aliphatic rings. The molecular weight excluding hydrogens is 374 g/mol. The molecule has 0 saturated carbocycles. The molecule has 0 bridgehead atoms. The van der Waals surface area contributed by atoms with Gasteiger partial charge in [0.15, 0.2) is 0 Å². The van der Waals surface area contributed by atoms with Crippen LogP contribution >= 0.6 is 27.5 Å². The largest absolute Gasteiger partial charge is 0.299 e. The van der Waals surface area contributed by atoms with Crippen molar-refractivity contribution in [3.05, 3.63) is 80.8 Å². The minimum Gasteiger partial charge on any atom is -0.299 e. The maximum atomic E-state index is 6.42. The van der Waals surface area contributed by atoms with Gasteiger partial charge in [-0.25, -0.2) is 4.98 Å². The quantitative estimate of drug-likeness (QED) is 0.582. The Morgan fingerprint density at radius 2 is 1.96 bits per heavy atom. The van der Waals surface area contributed by atoms with Gasteiger partial charge in [0.1, 0.15) is 5.82 Å². The summed E-state index contributed by atoms with van der Waals surface area (Å²) in [5, 5.41) is 0.702. The Morgan fingerprint density at radius 3 is 2.78 bits per heavy atom. The van der Waals surface area contributed by atoms with E-state index >= 15 is 0 Å². The molecule has 23 heavy (non-hydrogen) atoms. The van der Waals surface area contributed by atoms with Crippen molar-refractivity contribution in [2.45, 2.75) is 13.5 Å². The predicted molar refractivity (Wildman–Crippen MR) is 96.8 cm³/mol. The summed E-state index contributed by atoms with van der Waals surface area (Å²) in [4.78, 5) is 9.32. The number of aliphatic imine (C=N–C) groups is 1. The molecule has 0 unspecified atom stereocenters. The zero-order valence-corrected chi connectivity index (χ0v) is 14.8. The molecule has 0 radical (unpaired) electrons. The van der Waals surface area contributed by atoms with Gasteiger partial charge in [0, 0.05) is 32.5 Å². The van der Waals surface area contributed by atoms with Gasteiger partial charge in [-0.1, -0.05) is 45.7 Å². The van der Waals surface area contributed by atoms with E-state index < -0.39 is 0 Å². The zero-order valence-electron chi connectivity index (χ0n) is 12.4. The minimum atomic E-state index is 0.528. The summed E-state index contributed by atoms with van der Waals surface area (Å²) in [6.45, 7) is 2.59. The Hall–Kier alpha value is -1.91.